The highest BCUT2D eigenvalue weighted by atomic mass is 32.1. The SMILES string of the molecule is COc1ccccc1NC(=O)c1cn(Cc2ccccc2)nc1-c1cccs1. The van der Waals surface area contributed by atoms with E-state index in [0.29, 0.717) is 29.2 Å². The molecule has 2 aromatic heterocycles. The van der Waals surface area contributed by atoms with Gasteiger partial charge in [0, 0.05) is 6.20 Å². The van der Waals surface area contributed by atoms with Crippen molar-refractivity contribution in [3.8, 4) is 16.3 Å². The molecule has 0 saturated heterocycles. The Bertz CT molecular complexity index is 1070. The fourth-order valence-electron chi connectivity index (χ4n) is 2.97. The maximum Gasteiger partial charge on any atom is 0.259 e. The van der Waals surface area contributed by atoms with Crippen LogP contribution in [-0.2, 0) is 6.54 Å². The van der Waals surface area contributed by atoms with Crippen LogP contribution in [0.2, 0.25) is 0 Å². The Kier molecular flexibility index (Phi) is 5.21. The van der Waals surface area contributed by atoms with E-state index in [9.17, 15) is 4.79 Å². The molecule has 4 rings (SSSR count). The maximum absolute atomic E-state index is 13.0. The second-order valence-electron chi connectivity index (χ2n) is 6.21. The van der Waals surface area contributed by atoms with Crippen LogP contribution in [-0.4, -0.2) is 22.8 Å². The number of nitrogens with zero attached hydrogens (tertiary/aromatic N) is 2. The van der Waals surface area contributed by atoms with E-state index in [-0.39, 0.29) is 5.91 Å². The minimum atomic E-state index is -0.216. The van der Waals surface area contributed by atoms with Crippen LogP contribution in [0.5, 0.6) is 5.75 Å². The standard InChI is InChI=1S/C22H19N3O2S/c1-27-19-11-6-5-10-18(19)23-22(26)17-15-25(14-16-8-3-2-4-9-16)24-21(17)20-12-7-13-28-20/h2-13,15H,14H2,1H3,(H,23,26). The summed E-state index contributed by atoms with van der Waals surface area (Å²) in [5, 5.41) is 9.61. The van der Waals surface area contributed by atoms with Crippen molar-refractivity contribution in [1.29, 1.82) is 0 Å². The summed E-state index contributed by atoms with van der Waals surface area (Å²) in [6.07, 6.45) is 1.80. The smallest absolute Gasteiger partial charge is 0.259 e. The molecule has 0 atom stereocenters. The molecule has 2 heterocycles. The predicted octanol–water partition coefficient (Wildman–Crippen LogP) is 4.92. The van der Waals surface area contributed by atoms with E-state index in [1.54, 1.807) is 24.6 Å². The molecule has 0 bridgehead atoms. The number of ether oxygens (including phenoxy) is 1. The van der Waals surface area contributed by atoms with Crippen LogP contribution in [0, 0.1) is 0 Å². The Morgan fingerprint density at radius 1 is 1.07 bits per heavy atom. The van der Waals surface area contributed by atoms with Gasteiger partial charge in [0.1, 0.15) is 11.4 Å². The second-order valence-corrected chi connectivity index (χ2v) is 7.15. The molecule has 6 heteroatoms. The molecule has 0 saturated carbocycles. The van der Waals surface area contributed by atoms with Crippen LogP contribution in [0.3, 0.4) is 0 Å². The zero-order valence-electron chi connectivity index (χ0n) is 15.3. The number of benzene rings is 2. The highest BCUT2D eigenvalue weighted by Gasteiger charge is 2.20. The molecule has 2 aromatic carbocycles. The summed E-state index contributed by atoms with van der Waals surface area (Å²) in [7, 11) is 1.58. The summed E-state index contributed by atoms with van der Waals surface area (Å²) < 4.78 is 7.14. The number of thiophene rings is 1. The fourth-order valence-corrected chi connectivity index (χ4v) is 3.70. The predicted molar refractivity (Wildman–Crippen MR) is 112 cm³/mol. The lowest BCUT2D eigenvalue weighted by molar-refractivity contribution is 0.102. The molecule has 140 valence electrons. The molecule has 28 heavy (non-hydrogen) atoms. The lowest BCUT2D eigenvalue weighted by Gasteiger charge is -2.09. The number of amides is 1. The zero-order valence-corrected chi connectivity index (χ0v) is 16.1. The van der Waals surface area contributed by atoms with E-state index in [2.05, 4.69) is 10.4 Å². The lowest BCUT2D eigenvalue weighted by Crippen LogP contribution is -2.13. The Hall–Kier alpha value is -3.38. The number of carbonyl (C=O) groups is 1. The highest BCUT2D eigenvalue weighted by Crippen LogP contribution is 2.29. The number of para-hydroxylation sites is 2. The van der Waals surface area contributed by atoms with E-state index in [0.717, 1.165) is 10.4 Å². The summed E-state index contributed by atoms with van der Waals surface area (Å²) in [5.74, 6) is 0.400. The van der Waals surface area contributed by atoms with E-state index < -0.39 is 0 Å². The second kappa shape index (κ2) is 8.10. The number of hydrogen-bond donors (Lipinski definition) is 1. The number of anilines is 1. The number of methoxy groups -OCH3 is 1. The Morgan fingerprint density at radius 2 is 1.86 bits per heavy atom. The van der Waals surface area contributed by atoms with Crippen molar-refractivity contribution in [2.45, 2.75) is 6.54 Å². The topological polar surface area (TPSA) is 56.1 Å². The van der Waals surface area contributed by atoms with Gasteiger partial charge in [0.15, 0.2) is 0 Å². The molecule has 4 aromatic rings. The van der Waals surface area contributed by atoms with Crippen LogP contribution < -0.4 is 10.1 Å². The molecule has 0 spiro atoms. The van der Waals surface area contributed by atoms with Gasteiger partial charge in [-0.05, 0) is 29.1 Å². The lowest BCUT2D eigenvalue weighted by atomic mass is 10.2. The van der Waals surface area contributed by atoms with Crippen molar-refractivity contribution >= 4 is 22.9 Å². The monoisotopic (exact) mass is 389 g/mol. The third-order valence-electron chi connectivity index (χ3n) is 4.30. The average molecular weight is 389 g/mol. The van der Waals surface area contributed by atoms with E-state index in [1.807, 2.05) is 76.8 Å². The number of hydrogen-bond acceptors (Lipinski definition) is 4. The Labute approximate surface area is 167 Å². The highest BCUT2D eigenvalue weighted by molar-refractivity contribution is 7.13. The normalized spacial score (nSPS) is 10.6. The van der Waals surface area contributed by atoms with Gasteiger partial charge in [-0.3, -0.25) is 9.48 Å². The van der Waals surface area contributed by atoms with Gasteiger partial charge in [-0.1, -0.05) is 48.5 Å². The minimum absolute atomic E-state index is 0.216. The third-order valence-corrected chi connectivity index (χ3v) is 5.18. The van der Waals surface area contributed by atoms with Gasteiger partial charge in [-0.15, -0.1) is 11.3 Å². The molecule has 0 aliphatic rings. The first-order chi connectivity index (χ1) is 13.7. The van der Waals surface area contributed by atoms with Crippen LogP contribution in [0.15, 0.2) is 78.3 Å². The van der Waals surface area contributed by atoms with E-state index >= 15 is 0 Å². The summed E-state index contributed by atoms with van der Waals surface area (Å²) in [6, 6.07) is 21.3. The molecular formula is C22H19N3O2S. The first kappa shape index (κ1) is 18.0. The van der Waals surface area contributed by atoms with Crippen molar-refractivity contribution in [2.75, 3.05) is 12.4 Å². The molecule has 0 radical (unpaired) electrons. The molecule has 0 aliphatic heterocycles. The minimum Gasteiger partial charge on any atom is -0.495 e. The molecule has 1 N–H and O–H groups in total. The van der Waals surface area contributed by atoms with Gasteiger partial charge in [0.2, 0.25) is 0 Å². The first-order valence-corrected chi connectivity index (χ1v) is 9.72. The average Bonchev–Trinajstić information content (AvgIpc) is 3.39. The van der Waals surface area contributed by atoms with Crippen molar-refractivity contribution in [2.24, 2.45) is 0 Å². The number of carbonyl (C=O) groups excluding carboxylic acids is 1. The van der Waals surface area contributed by atoms with Crippen LogP contribution in [0.1, 0.15) is 15.9 Å². The fraction of sp³-hybridized carbons (Fsp3) is 0.0909. The first-order valence-electron chi connectivity index (χ1n) is 8.84. The Morgan fingerprint density at radius 3 is 2.61 bits per heavy atom. The summed E-state index contributed by atoms with van der Waals surface area (Å²) in [6.45, 7) is 0.598. The third kappa shape index (κ3) is 3.82. The molecular weight excluding hydrogens is 370 g/mol. The quantitative estimate of drug-likeness (QED) is 0.509. The summed E-state index contributed by atoms with van der Waals surface area (Å²) in [5.41, 5.74) is 2.96. The Balaban J connectivity index is 1.67. The maximum atomic E-state index is 13.0. The van der Waals surface area contributed by atoms with Gasteiger partial charge in [-0.2, -0.15) is 5.10 Å². The van der Waals surface area contributed by atoms with Gasteiger partial charge >= 0.3 is 0 Å². The van der Waals surface area contributed by atoms with Crippen LogP contribution in [0.25, 0.3) is 10.6 Å². The van der Waals surface area contributed by atoms with Crippen molar-refractivity contribution < 1.29 is 9.53 Å². The van der Waals surface area contributed by atoms with Crippen molar-refractivity contribution in [3.63, 3.8) is 0 Å². The van der Waals surface area contributed by atoms with Gasteiger partial charge < -0.3 is 10.1 Å². The largest absolute Gasteiger partial charge is 0.495 e. The van der Waals surface area contributed by atoms with Crippen LogP contribution in [0.4, 0.5) is 5.69 Å². The number of rotatable bonds is 6. The molecule has 0 unspecified atom stereocenters. The summed E-state index contributed by atoms with van der Waals surface area (Å²) >= 11 is 1.56. The van der Waals surface area contributed by atoms with Gasteiger partial charge in [0.05, 0.1) is 29.8 Å². The summed E-state index contributed by atoms with van der Waals surface area (Å²) in [4.78, 5) is 14.0. The van der Waals surface area contributed by atoms with Gasteiger partial charge in [-0.25, -0.2) is 0 Å². The van der Waals surface area contributed by atoms with E-state index in [1.165, 1.54) is 0 Å². The number of nitrogens with one attached hydrogen (secondary N) is 1. The van der Waals surface area contributed by atoms with Crippen molar-refractivity contribution in [3.05, 3.63) is 89.4 Å². The van der Waals surface area contributed by atoms with Crippen molar-refractivity contribution in [1.82, 2.24) is 9.78 Å². The molecule has 1 amide bonds. The number of aromatic nitrogens is 2. The molecule has 0 fully saturated rings. The zero-order chi connectivity index (χ0) is 19.3. The molecule has 0 aliphatic carbocycles. The molecule has 5 nitrogen and oxygen atoms in total. The van der Waals surface area contributed by atoms with Gasteiger partial charge in [0.25, 0.3) is 5.91 Å². The van der Waals surface area contributed by atoms with Crippen LogP contribution >= 0.6 is 11.3 Å². The van der Waals surface area contributed by atoms with E-state index in [4.69, 9.17) is 4.74 Å².